The van der Waals surface area contributed by atoms with E-state index in [1.54, 1.807) is 12.1 Å². The van der Waals surface area contributed by atoms with Gasteiger partial charge in [0.15, 0.2) is 0 Å². The SMILES string of the molecule is CC(=O)N/C(=C/c1ccc(-c2ccc(Br)cc2)o1)C(=O)O. The number of rotatable bonds is 4. The van der Waals surface area contributed by atoms with Crippen molar-refractivity contribution in [3.05, 3.63) is 52.3 Å². The monoisotopic (exact) mass is 349 g/mol. The normalized spacial score (nSPS) is 11.2. The summed E-state index contributed by atoms with van der Waals surface area (Å²) in [6.45, 7) is 1.24. The minimum Gasteiger partial charge on any atom is -0.477 e. The summed E-state index contributed by atoms with van der Waals surface area (Å²) in [7, 11) is 0. The van der Waals surface area contributed by atoms with E-state index in [0.717, 1.165) is 10.0 Å². The Kier molecular flexibility index (Phi) is 4.59. The molecule has 0 saturated carbocycles. The zero-order valence-corrected chi connectivity index (χ0v) is 12.7. The molecule has 1 aromatic heterocycles. The van der Waals surface area contributed by atoms with Gasteiger partial charge in [0.05, 0.1) is 0 Å². The molecule has 0 spiro atoms. The van der Waals surface area contributed by atoms with Gasteiger partial charge in [-0.05, 0) is 24.3 Å². The van der Waals surface area contributed by atoms with Crippen LogP contribution in [-0.2, 0) is 9.59 Å². The van der Waals surface area contributed by atoms with E-state index in [4.69, 9.17) is 9.52 Å². The van der Waals surface area contributed by atoms with E-state index in [0.29, 0.717) is 11.5 Å². The maximum absolute atomic E-state index is 11.0. The summed E-state index contributed by atoms with van der Waals surface area (Å²) in [5, 5.41) is 11.2. The smallest absolute Gasteiger partial charge is 0.352 e. The van der Waals surface area contributed by atoms with Crippen molar-refractivity contribution in [3.8, 4) is 11.3 Å². The first-order chi connectivity index (χ1) is 9.95. The highest BCUT2D eigenvalue weighted by molar-refractivity contribution is 9.10. The Bertz CT molecular complexity index is 701. The molecular formula is C15H12BrNO4. The van der Waals surface area contributed by atoms with Crippen LogP contribution in [0.15, 0.2) is 51.0 Å². The second-order valence-corrected chi connectivity index (χ2v) is 5.17. The number of furan rings is 1. The van der Waals surface area contributed by atoms with Crippen LogP contribution in [0.2, 0.25) is 0 Å². The van der Waals surface area contributed by atoms with Crippen molar-refractivity contribution in [1.29, 1.82) is 0 Å². The van der Waals surface area contributed by atoms with Crippen LogP contribution in [-0.4, -0.2) is 17.0 Å². The molecule has 0 aliphatic heterocycles. The minimum atomic E-state index is -1.23. The molecule has 1 heterocycles. The maximum Gasteiger partial charge on any atom is 0.352 e. The second-order valence-electron chi connectivity index (χ2n) is 4.25. The summed E-state index contributed by atoms with van der Waals surface area (Å²) in [5.74, 6) is -0.726. The molecule has 0 radical (unpaired) electrons. The average molecular weight is 350 g/mol. The van der Waals surface area contributed by atoms with Gasteiger partial charge in [0.2, 0.25) is 5.91 Å². The molecule has 0 bridgehead atoms. The number of nitrogens with one attached hydrogen (secondary N) is 1. The molecule has 0 aliphatic carbocycles. The van der Waals surface area contributed by atoms with Crippen LogP contribution < -0.4 is 5.32 Å². The first-order valence-electron chi connectivity index (χ1n) is 6.04. The maximum atomic E-state index is 11.0. The quantitative estimate of drug-likeness (QED) is 0.830. The van der Waals surface area contributed by atoms with Gasteiger partial charge in [-0.1, -0.05) is 28.1 Å². The van der Waals surface area contributed by atoms with E-state index >= 15 is 0 Å². The summed E-state index contributed by atoms with van der Waals surface area (Å²) in [4.78, 5) is 22.0. The molecule has 2 rings (SSSR count). The molecule has 0 atom stereocenters. The predicted molar refractivity (Wildman–Crippen MR) is 81.3 cm³/mol. The topological polar surface area (TPSA) is 79.5 Å². The van der Waals surface area contributed by atoms with Crippen molar-refractivity contribution in [1.82, 2.24) is 5.32 Å². The number of carbonyl (C=O) groups excluding carboxylic acids is 1. The van der Waals surface area contributed by atoms with E-state index in [2.05, 4.69) is 21.2 Å². The largest absolute Gasteiger partial charge is 0.477 e. The number of hydrogen-bond donors (Lipinski definition) is 2. The predicted octanol–water partition coefficient (Wildman–Crippen LogP) is 3.27. The molecule has 2 aromatic rings. The molecule has 0 saturated heterocycles. The van der Waals surface area contributed by atoms with Crippen molar-refractivity contribution in [2.24, 2.45) is 0 Å². The fourth-order valence-electron chi connectivity index (χ4n) is 1.68. The Balaban J connectivity index is 2.28. The summed E-state index contributed by atoms with van der Waals surface area (Å²) in [6.07, 6.45) is 1.27. The summed E-state index contributed by atoms with van der Waals surface area (Å²) < 4.78 is 6.52. The van der Waals surface area contributed by atoms with Crippen molar-refractivity contribution < 1.29 is 19.1 Å². The zero-order valence-electron chi connectivity index (χ0n) is 11.1. The van der Waals surface area contributed by atoms with E-state index in [1.807, 2.05) is 24.3 Å². The third-order valence-corrected chi connectivity index (χ3v) is 3.11. The van der Waals surface area contributed by atoms with Gasteiger partial charge < -0.3 is 14.8 Å². The van der Waals surface area contributed by atoms with Gasteiger partial charge in [0, 0.05) is 23.0 Å². The van der Waals surface area contributed by atoms with Gasteiger partial charge in [0.1, 0.15) is 17.2 Å². The number of carboxylic acids is 1. The van der Waals surface area contributed by atoms with Crippen LogP contribution in [0.3, 0.4) is 0 Å². The summed E-state index contributed by atoms with van der Waals surface area (Å²) in [5.41, 5.74) is 0.633. The van der Waals surface area contributed by atoms with Gasteiger partial charge in [-0.15, -0.1) is 0 Å². The molecule has 6 heteroatoms. The lowest BCUT2D eigenvalue weighted by atomic mass is 10.2. The van der Waals surface area contributed by atoms with Gasteiger partial charge in [0.25, 0.3) is 0 Å². The van der Waals surface area contributed by atoms with E-state index in [1.165, 1.54) is 13.0 Å². The molecule has 0 fully saturated rings. The van der Waals surface area contributed by atoms with Crippen molar-refractivity contribution in [2.75, 3.05) is 0 Å². The first kappa shape index (κ1) is 15.1. The lowest BCUT2D eigenvalue weighted by Gasteiger charge is -2.01. The number of aliphatic carboxylic acids is 1. The molecule has 5 nitrogen and oxygen atoms in total. The van der Waals surface area contributed by atoms with Crippen LogP contribution >= 0.6 is 15.9 Å². The highest BCUT2D eigenvalue weighted by Gasteiger charge is 2.11. The van der Waals surface area contributed by atoms with Gasteiger partial charge in [-0.2, -0.15) is 0 Å². The summed E-state index contributed by atoms with van der Waals surface area (Å²) >= 11 is 3.35. The molecular weight excluding hydrogens is 338 g/mol. The van der Waals surface area contributed by atoms with E-state index in [9.17, 15) is 9.59 Å². The number of amides is 1. The third-order valence-electron chi connectivity index (χ3n) is 2.58. The highest BCUT2D eigenvalue weighted by Crippen LogP contribution is 2.24. The van der Waals surface area contributed by atoms with Crippen molar-refractivity contribution >= 4 is 33.9 Å². The van der Waals surface area contributed by atoms with Crippen molar-refractivity contribution in [2.45, 2.75) is 6.92 Å². The standard InChI is InChI=1S/C15H12BrNO4/c1-9(18)17-13(15(19)20)8-12-6-7-14(21-12)10-2-4-11(16)5-3-10/h2-8H,1H3,(H,17,18)(H,19,20)/b13-8+. The summed E-state index contributed by atoms with van der Waals surface area (Å²) in [6, 6.07) is 10.9. The number of benzene rings is 1. The average Bonchev–Trinajstić information content (AvgIpc) is 2.87. The Morgan fingerprint density at radius 1 is 1.19 bits per heavy atom. The second kappa shape index (κ2) is 6.41. The lowest BCUT2D eigenvalue weighted by Crippen LogP contribution is -2.24. The fourth-order valence-corrected chi connectivity index (χ4v) is 1.95. The number of carboxylic acid groups (broad SMARTS) is 1. The molecule has 0 aliphatic rings. The third kappa shape index (κ3) is 4.06. The van der Waals surface area contributed by atoms with Crippen LogP contribution in [0.4, 0.5) is 0 Å². The fraction of sp³-hybridized carbons (Fsp3) is 0.0667. The van der Waals surface area contributed by atoms with Crippen LogP contribution in [0.5, 0.6) is 0 Å². The molecule has 2 N–H and O–H groups in total. The van der Waals surface area contributed by atoms with Gasteiger partial charge in [-0.3, -0.25) is 4.79 Å². The highest BCUT2D eigenvalue weighted by atomic mass is 79.9. The number of hydrogen-bond acceptors (Lipinski definition) is 3. The number of halogens is 1. The van der Waals surface area contributed by atoms with Crippen molar-refractivity contribution in [3.63, 3.8) is 0 Å². The van der Waals surface area contributed by atoms with Crippen LogP contribution in [0, 0.1) is 0 Å². The van der Waals surface area contributed by atoms with Gasteiger partial charge >= 0.3 is 5.97 Å². The first-order valence-corrected chi connectivity index (χ1v) is 6.83. The Morgan fingerprint density at radius 2 is 1.86 bits per heavy atom. The van der Waals surface area contributed by atoms with E-state index < -0.39 is 11.9 Å². The van der Waals surface area contributed by atoms with Crippen LogP contribution in [0.1, 0.15) is 12.7 Å². The Hall–Kier alpha value is -2.34. The van der Waals surface area contributed by atoms with Crippen LogP contribution in [0.25, 0.3) is 17.4 Å². The Morgan fingerprint density at radius 3 is 2.43 bits per heavy atom. The zero-order chi connectivity index (χ0) is 15.4. The molecule has 0 unspecified atom stereocenters. The number of carbonyl (C=O) groups is 2. The Labute approximate surface area is 129 Å². The van der Waals surface area contributed by atoms with E-state index in [-0.39, 0.29) is 5.70 Å². The minimum absolute atomic E-state index is 0.237. The molecule has 108 valence electrons. The van der Waals surface area contributed by atoms with Gasteiger partial charge in [-0.25, -0.2) is 4.79 Å². The molecule has 21 heavy (non-hydrogen) atoms. The lowest BCUT2D eigenvalue weighted by molar-refractivity contribution is -0.134. The molecule has 1 amide bonds. The molecule has 1 aromatic carbocycles.